The monoisotopic (exact) mass is 506 g/mol. The number of aldehydes is 1. The molecule has 1 aromatic carbocycles. The van der Waals surface area contributed by atoms with Gasteiger partial charge in [-0.05, 0) is 50.1 Å². The number of carbonyl (C=O) groups excluding carboxylic acids is 3. The molecule has 3 aliphatic heterocycles. The number of likely N-dealkylation sites (tertiary alicyclic amines) is 1. The summed E-state index contributed by atoms with van der Waals surface area (Å²) in [5, 5.41) is 3.10. The highest BCUT2D eigenvalue weighted by atomic mass is 16.5. The van der Waals surface area contributed by atoms with Crippen molar-refractivity contribution in [1.82, 2.24) is 15.1 Å². The second-order valence-electron chi connectivity index (χ2n) is 10.9. The Morgan fingerprint density at radius 1 is 1.19 bits per heavy atom. The Balaban J connectivity index is 1.35. The largest absolute Gasteiger partial charge is 0.369 e. The van der Waals surface area contributed by atoms with Crippen molar-refractivity contribution in [2.45, 2.75) is 56.8 Å². The van der Waals surface area contributed by atoms with Crippen molar-refractivity contribution in [3.05, 3.63) is 29.8 Å². The highest BCUT2D eigenvalue weighted by Gasteiger charge is 2.59. The quantitative estimate of drug-likeness (QED) is 0.426. The van der Waals surface area contributed by atoms with Crippen LogP contribution in [0.1, 0.15) is 49.4 Å². The number of ketones is 1. The Kier molecular flexibility index (Phi) is 7.66. The predicted octanol–water partition coefficient (Wildman–Crippen LogP) is 1.94. The van der Waals surface area contributed by atoms with Crippen molar-refractivity contribution in [2.75, 3.05) is 50.8 Å². The zero-order valence-electron chi connectivity index (χ0n) is 21.7. The molecule has 5 rings (SSSR count). The van der Waals surface area contributed by atoms with E-state index in [1.54, 1.807) is 0 Å². The van der Waals surface area contributed by atoms with Gasteiger partial charge in [-0.25, -0.2) is 0 Å². The standard InChI is InChI=1S/C29H38N4O4/c1-3-13-31-14-16-32(17-15-31)24-11-9-22(10-12-24)28(36)30-29(20-34,23-7-5-6-8-23)33-18-21(4-2)27-26(33)25(35)19-37-27/h2,9-12,20-21,23,26-27H,3,5-8,13-19H2,1H3,(H,30,36). The second kappa shape index (κ2) is 10.9. The number of nitrogens with one attached hydrogen (secondary N) is 1. The molecule has 1 saturated carbocycles. The summed E-state index contributed by atoms with van der Waals surface area (Å²) in [4.78, 5) is 46.0. The average Bonchev–Trinajstić information content (AvgIpc) is 3.68. The number of hydrogen-bond donors (Lipinski definition) is 1. The highest BCUT2D eigenvalue weighted by molar-refractivity contribution is 5.97. The van der Waals surface area contributed by atoms with Crippen LogP contribution in [0.2, 0.25) is 0 Å². The average molecular weight is 507 g/mol. The van der Waals surface area contributed by atoms with Crippen LogP contribution in [0.3, 0.4) is 0 Å². The van der Waals surface area contributed by atoms with E-state index in [0.717, 1.165) is 76.8 Å². The van der Waals surface area contributed by atoms with E-state index in [0.29, 0.717) is 12.1 Å². The molecule has 1 N–H and O–H groups in total. The van der Waals surface area contributed by atoms with Gasteiger partial charge in [0.1, 0.15) is 12.6 Å². The van der Waals surface area contributed by atoms with E-state index in [4.69, 9.17) is 11.2 Å². The number of benzene rings is 1. The van der Waals surface area contributed by atoms with Gasteiger partial charge in [-0.15, -0.1) is 6.42 Å². The van der Waals surface area contributed by atoms with Gasteiger partial charge in [-0.2, -0.15) is 0 Å². The highest BCUT2D eigenvalue weighted by Crippen LogP contribution is 2.42. The Morgan fingerprint density at radius 3 is 2.51 bits per heavy atom. The zero-order valence-corrected chi connectivity index (χ0v) is 21.7. The summed E-state index contributed by atoms with van der Waals surface area (Å²) in [5.41, 5.74) is 0.300. The number of rotatable bonds is 8. The molecule has 8 heteroatoms. The lowest BCUT2D eigenvalue weighted by Crippen LogP contribution is -2.68. The summed E-state index contributed by atoms with van der Waals surface area (Å²) < 4.78 is 5.74. The molecule has 1 aliphatic carbocycles. The first kappa shape index (κ1) is 25.9. The first-order valence-electron chi connectivity index (χ1n) is 13.7. The van der Waals surface area contributed by atoms with Crippen LogP contribution < -0.4 is 10.2 Å². The Labute approximate surface area is 219 Å². The number of piperazine rings is 1. The van der Waals surface area contributed by atoms with Gasteiger partial charge in [0, 0.05) is 49.9 Å². The van der Waals surface area contributed by atoms with Crippen LogP contribution in [0.5, 0.6) is 0 Å². The number of fused-ring (bicyclic) bond motifs is 1. The van der Waals surface area contributed by atoms with Crippen LogP contribution in [-0.2, 0) is 14.3 Å². The molecule has 3 saturated heterocycles. The van der Waals surface area contributed by atoms with Gasteiger partial charge in [0.25, 0.3) is 5.91 Å². The van der Waals surface area contributed by atoms with Gasteiger partial charge in [-0.1, -0.05) is 25.7 Å². The van der Waals surface area contributed by atoms with E-state index >= 15 is 0 Å². The number of nitrogens with zero attached hydrogens (tertiary/aromatic N) is 3. The summed E-state index contributed by atoms with van der Waals surface area (Å²) in [6, 6.07) is 7.01. The number of amides is 1. The van der Waals surface area contributed by atoms with E-state index in [-0.39, 0.29) is 30.1 Å². The fourth-order valence-corrected chi connectivity index (χ4v) is 6.77. The minimum Gasteiger partial charge on any atom is -0.369 e. The molecule has 4 unspecified atom stereocenters. The lowest BCUT2D eigenvalue weighted by atomic mass is 9.88. The lowest BCUT2D eigenvalue weighted by Gasteiger charge is -2.44. The number of carbonyl (C=O) groups is 3. The molecule has 0 radical (unpaired) electrons. The van der Waals surface area contributed by atoms with E-state index in [2.05, 4.69) is 28.0 Å². The molecule has 4 aliphatic rings. The van der Waals surface area contributed by atoms with Gasteiger partial charge in [0.15, 0.2) is 17.7 Å². The van der Waals surface area contributed by atoms with Crippen molar-refractivity contribution < 1.29 is 19.1 Å². The molecule has 198 valence electrons. The molecule has 3 heterocycles. The van der Waals surface area contributed by atoms with Gasteiger partial charge < -0.3 is 15.0 Å². The normalized spacial score (nSPS) is 28.6. The molecule has 0 bridgehead atoms. The summed E-state index contributed by atoms with van der Waals surface area (Å²) in [6.07, 6.45) is 10.9. The van der Waals surface area contributed by atoms with E-state index < -0.39 is 17.8 Å². The van der Waals surface area contributed by atoms with Crippen LogP contribution in [0, 0.1) is 24.2 Å². The fraction of sp³-hybridized carbons (Fsp3) is 0.621. The third-order valence-corrected chi connectivity index (χ3v) is 8.75. The van der Waals surface area contributed by atoms with Crippen molar-refractivity contribution in [3.63, 3.8) is 0 Å². The molecule has 8 nitrogen and oxygen atoms in total. The van der Waals surface area contributed by atoms with Crippen molar-refractivity contribution in [1.29, 1.82) is 0 Å². The third kappa shape index (κ3) is 4.81. The first-order valence-corrected chi connectivity index (χ1v) is 13.7. The van der Waals surface area contributed by atoms with Crippen LogP contribution in [0.4, 0.5) is 5.69 Å². The van der Waals surface area contributed by atoms with Crippen LogP contribution >= 0.6 is 0 Å². The third-order valence-electron chi connectivity index (χ3n) is 8.75. The van der Waals surface area contributed by atoms with Crippen LogP contribution in [0.15, 0.2) is 24.3 Å². The second-order valence-corrected chi connectivity index (χ2v) is 10.9. The van der Waals surface area contributed by atoms with E-state index in [1.165, 1.54) is 0 Å². The van der Waals surface area contributed by atoms with Crippen LogP contribution in [0.25, 0.3) is 0 Å². The number of hydrogen-bond acceptors (Lipinski definition) is 7. The SMILES string of the molecule is C#CC1CN(C(C=O)(NC(=O)c2ccc(N3CCN(CCC)CC3)cc2)C2CCCC2)C2C(=O)COC12. The molecule has 1 amide bonds. The smallest absolute Gasteiger partial charge is 0.253 e. The summed E-state index contributed by atoms with van der Waals surface area (Å²) in [7, 11) is 0. The van der Waals surface area contributed by atoms with Crippen molar-refractivity contribution in [2.24, 2.45) is 11.8 Å². The molecule has 1 aromatic rings. The van der Waals surface area contributed by atoms with Gasteiger partial charge in [-0.3, -0.25) is 24.2 Å². The maximum Gasteiger partial charge on any atom is 0.253 e. The zero-order chi connectivity index (χ0) is 26.0. The Hall–Kier alpha value is -2.73. The minimum absolute atomic E-state index is 0.00820. The van der Waals surface area contributed by atoms with Gasteiger partial charge in [0.2, 0.25) is 0 Å². The summed E-state index contributed by atoms with van der Waals surface area (Å²) in [6.45, 7) is 7.68. The number of Topliss-reactive ketones (excluding diaryl/α,β-unsaturated/α-hetero) is 1. The van der Waals surface area contributed by atoms with Gasteiger partial charge in [0.05, 0.1) is 12.0 Å². The molecule has 37 heavy (non-hydrogen) atoms. The lowest BCUT2D eigenvalue weighted by molar-refractivity contribution is -0.131. The molecular weight excluding hydrogens is 468 g/mol. The van der Waals surface area contributed by atoms with E-state index in [1.807, 2.05) is 29.2 Å². The van der Waals surface area contributed by atoms with E-state index in [9.17, 15) is 14.4 Å². The predicted molar refractivity (Wildman–Crippen MR) is 141 cm³/mol. The molecule has 0 aromatic heterocycles. The maximum absolute atomic E-state index is 13.6. The van der Waals surface area contributed by atoms with Crippen LogP contribution in [-0.4, -0.2) is 91.5 Å². The Bertz CT molecular complexity index is 1040. The Morgan fingerprint density at radius 2 is 1.89 bits per heavy atom. The number of ether oxygens (including phenoxy) is 1. The summed E-state index contributed by atoms with van der Waals surface area (Å²) in [5.74, 6) is 1.97. The minimum atomic E-state index is -1.29. The maximum atomic E-state index is 13.6. The summed E-state index contributed by atoms with van der Waals surface area (Å²) >= 11 is 0. The first-order chi connectivity index (χ1) is 18.0. The van der Waals surface area contributed by atoms with Gasteiger partial charge >= 0.3 is 0 Å². The molecule has 4 fully saturated rings. The fourth-order valence-electron chi connectivity index (χ4n) is 6.77. The van der Waals surface area contributed by atoms with Crippen molar-refractivity contribution in [3.8, 4) is 12.3 Å². The molecule has 4 atom stereocenters. The number of anilines is 1. The molecular formula is C29H38N4O4. The topological polar surface area (TPSA) is 82.2 Å². The number of terminal acetylenes is 1. The molecule has 0 spiro atoms. The van der Waals surface area contributed by atoms with Crippen molar-refractivity contribution >= 4 is 23.7 Å².